The molecule has 0 amide bonds. The van der Waals surface area contributed by atoms with Gasteiger partial charge < -0.3 is 20.5 Å². The Balaban J connectivity index is 1.52. The van der Waals surface area contributed by atoms with Gasteiger partial charge in [0.1, 0.15) is 36.5 Å². The van der Waals surface area contributed by atoms with Gasteiger partial charge in [-0.25, -0.2) is 9.97 Å². The van der Waals surface area contributed by atoms with E-state index in [1.165, 1.54) is 6.33 Å². The highest BCUT2D eigenvalue weighted by Crippen LogP contribution is 2.32. The molecule has 4 rings (SSSR count). The average molecular weight is 412 g/mol. The monoisotopic (exact) mass is 411 g/mol. The molecule has 4 aromatic rings. The molecule has 4 N–H and O–H groups in total. The van der Waals surface area contributed by atoms with Gasteiger partial charge in [0.25, 0.3) is 0 Å². The van der Waals surface area contributed by atoms with E-state index in [-0.39, 0.29) is 0 Å². The predicted molar refractivity (Wildman–Crippen MR) is 110 cm³/mol. The van der Waals surface area contributed by atoms with E-state index in [0.717, 1.165) is 11.4 Å². The van der Waals surface area contributed by atoms with Crippen molar-refractivity contribution in [2.75, 3.05) is 18.5 Å². The second-order valence-electron chi connectivity index (χ2n) is 5.99. The van der Waals surface area contributed by atoms with Gasteiger partial charge in [0.05, 0.1) is 10.7 Å². The molecule has 0 spiro atoms. The molecule has 29 heavy (non-hydrogen) atoms. The number of ether oxygens (including phenoxy) is 2. The first-order chi connectivity index (χ1) is 14.2. The zero-order valence-electron chi connectivity index (χ0n) is 15.3. The molecule has 148 valence electrons. The number of hydrogen-bond acceptors (Lipinski definition) is 8. The Labute approximate surface area is 171 Å². The van der Waals surface area contributed by atoms with E-state index in [9.17, 15) is 0 Å². The summed E-state index contributed by atoms with van der Waals surface area (Å²) in [7, 11) is 0. The number of nitrogens with zero attached hydrogens (tertiary/aromatic N) is 4. The summed E-state index contributed by atoms with van der Waals surface area (Å²) in [5, 5.41) is 11.2. The number of nitrogens with two attached hydrogens (primary N) is 1. The number of aromatic nitrogens is 5. The molecule has 1 aromatic carbocycles. The van der Waals surface area contributed by atoms with Crippen molar-refractivity contribution in [2.45, 2.75) is 6.61 Å². The summed E-state index contributed by atoms with van der Waals surface area (Å²) in [5.41, 5.74) is 7.60. The fourth-order valence-electron chi connectivity index (χ4n) is 2.65. The van der Waals surface area contributed by atoms with Gasteiger partial charge in [-0.05, 0) is 30.3 Å². The number of benzene rings is 1. The second kappa shape index (κ2) is 8.72. The molecular formula is C19H18ClN7O2. The van der Waals surface area contributed by atoms with Crippen LogP contribution in [0.5, 0.6) is 11.6 Å². The van der Waals surface area contributed by atoms with Crippen LogP contribution in [0, 0.1) is 0 Å². The van der Waals surface area contributed by atoms with Gasteiger partial charge in [-0.3, -0.25) is 10.1 Å². The van der Waals surface area contributed by atoms with Crippen molar-refractivity contribution >= 4 is 34.1 Å². The van der Waals surface area contributed by atoms with Crippen LogP contribution in [0.15, 0.2) is 48.9 Å². The molecule has 0 saturated carbocycles. The maximum Gasteiger partial charge on any atom is 0.246 e. The van der Waals surface area contributed by atoms with Crippen LogP contribution in [0.4, 0.5) is 11.5 Å². The van der Waals surface area contributed by atoms with E-state index in [0.29, 0.717) is 53.3 Å². The smallest absolute Gasteiger partial charge is 0.246 e. The fourth-order valence-corrected chi connectivity index (χ4v) is 2.89. The lowest BCUT2D eigenvalue weighted by atomic mass is 10.3. The molecule has 3 heterocycles. The van der Waals surface area contributed by atoms with Crippen LogP contribution >= 0.6 is 11.6 Å². The molecule has 0 aliphatic carbocycles. The Morgan fingerprint density at radius 3 is 2.83 bits per heavy atom. The lowest BCUT2D eigenvalue weighted by Crippen LogP contribution is -2.11. The van der Waals surface area contributed by atoms with Crippen molar-refractivity contribution in [3.8, 4) is 11.6 Å². The molecular weight excluding hydrogens is 394 g/mol. The Morgan fingerprint density at radius 1 is 1.10 bits per heavy atom. The third-order valence-electron chi connectivity index (χ3n) is 3.98. The zero-order valence-corrected chi connectivity index (χ0v) is 16.1. The Hall–Kier alpha value is -3.43. The van der Waals surface area contributed by atoms with Crippen molar-refractivity contribution in [2.24, 2.45) is 5.73 Å². The number of pyridine rings is 1. The molecule has 0 radical (unpaired) electrons. The molecule has 0 aliphatic rings. The van der Waals surface area contributed by atoms with Crippen LogP contribution in [-0.4, -0.2) is 38.3 Å². The SMILES string of the molecule is NCCOc1n[nH]c2ncnc(Nc3ccc(OCc4ccccn4)c(Cl)c3)c12. The molecule has 0 atom stereocenters. The van der Waals surface area contributed by atoms with Crippen molar-refractivity contribution in [1.29, 1.82) is 0 Å². The van der Waals surface area contributed by atoms with E-state index in [2.05, 4.69) is 30.5 Å². The molecule has 0 bridgehead atoms. The molecule has 10 heteroatoms. The zero-order chi connectivity index (χ0) is 20.1. The van der Waals surface area contributed by atoms with Gasteiger partial charge >= 0.3 is 0 Å². The van der Waals surface area contributed by atoms with Gasteiger partial charge in [0.15, 0.2) is 5.65 Å². The summed E-state index contributed by atoms with van der Waals surface area (Å²) in [6.45, 7) is 1.04. The lowest BCUT2D eigenvalue weighted by molar-refractivity contribution is 0.301. The van der Waals surface area contributed by atoms with Crippen LogP contribution in [-0.2, 0) is 6.61 Å². The Morgan fingerprint density at radius 2 is 2.03 bits per heavy atom. The van der Waals surface area contributed by atoms with Gasteiger partial charge in [0.2, 0.25) is 5.88 Å². The molecule has 0 fully saturated rings. The summed E-state index contributed by atoms with van der Waals surface area (Å²) < 4.78 is 11.3. The number of fused-ring (bicyclic) bond motifs is 1. The van der Waals surface area contributed by atoms with E-state index in [4.69, 9.17) is 26.8 Å². The average Bonchev–Trinajstić information content (AvgIpc) is 3.16. The lowest BCUT2D eigenvalue weighted by Gasteiger charge is -2.11. The van der Waals surface area contributed by atoms with Crippen LogP contribution in [0.25, 0.3) is 11.0 Å². The van der Waals surface area contributed by atoms with Crippen molar-refractivity contribution < 1.29 is 9.47 Å². The number of H-pyrrole nitrogens is 1. The highest BCUT2D eigenvalue weighted by Gasteiger charge is 2.15. The van der Waals surface area contributed by atoms with Crippen LogP contribution < -0.4 is 20.5 Å². The van der Waals surface area contributed by atoms with Crippen LogP contribution in [0.1, 0.15) is 5.69 Å². The minimum absolute atomic E-state index is 0.330. The first kappa shape index (κ1) is 18.9. The highest BCUT2D eigenvalue weighted by atomic mass is 35.5. The summed E-state index contributed by atoms with van der Waals surface area (Å²) >= 11 is 6.38. The van der Waals surface area contributed by atoms with E-state index in [1.807, 2.05) is 24.3 Å². The molecule has 0 unspecified atom stereocenters. The summed E-state index contributed by atoms with van der Waals surface area (Å²) in [5.74, 6) is 1.48. The maximum absolute atomic E-state index is 6.38. The summed E-state index contributed by atoms with van der Waals surface area (Å²) in [4.78, 5) is 12.7. The molecule has 0 saturated heterocycles. The van der Waals surface area contributed by atoms with Gasteiger partial charge in [-0.1, -0.05) is 17.7 Å². The normalized spacial score (nSPS) is 10.8. The topological polar surface area (TPSA) is 124 Å². The summed E-state index contributed by atoms with van der Waals surface area (Å²) in [6, 6.07) is 11.0. The number of anilines is 2. The minimum atomic E-state index is 0.330. The van der Waals surface area contributed by atoms with E-state index in [1.54, 1.807) is 18.3 Å². The van der Waals surface area contributed by atoms with Crippen LogP contribution in [0.3, 0.4) is 0 Å². The predicted octanol–water partition coefficient (Wildman–Crippen LogP) is 3.06. The quantitative estimate of drug-likeness (QED) is 0.404. The molecule has 0 aliphatic heterocycles. The summed E-state index contributed by atoms with van der Waals surface area (Å²) in [6.07, 6.45) is 3.15. The third-order valence-corrected chi connectivity index (χ3v) is 4.27. The maximum atomic E-state index is 6.38. The van der Waals surface area contributed by atoms with Gasteiger partial charge in [-0.15, -0.1) is 5.10 Å². The van der Waals surface area contributed by atoms with Crippen molar-refractivity contribution in [3.05, 3.63) is 59.6 Å². The highest BCUT2D eigenvalue weighted by molar-refractivity contribution is 6.32. The number of nitrogens with one attached hydrogen (secondary N) is 2. The largest absolute Gasteiger partial charge is 0.486 e. The minimum Gasteiger partial charge on any atom is -0.486 e. The van der Waals surface area contributed by atoms with Crippen LogP contribution in [0.2, 0.25) is 5.02 Å². The standard InChI is InChI=1S/C19H18ClN7O2/c20-14-9-12(4-5-15(14)29-10-13-3-1-2-7-22-13)25-17-16-18(24-11-23-17)26-27-19(16)28-8-6-21/h1-5,7,9,11H,6,8,10,21H2,(H2,23,24,25,26,27). The number of halogens is 1. The first-order valence-corrected chi connectivity index (χ1v) is 9.23. The molecule has 3 aromatic heterocycles. The first-order valence-electron chi connectivity index (χ1n) is 8.86. The Bertz CT molecular complexity index is 1100. The number of rotatable bonds is 8. The fraction of sp³-hybridized carbons (Fsp3) is 0.158. The van der Waals surface area contributed by atoms with Crippen molar-refractivity contribution in [3.63, 3.8) is 0 Å². The van der Waals surface area contributed by atoms with Gasteiger partial charge in [-0.2, -0.15) is 0 Å². The second-order valence-corrected chi connectivity index (χ2v) is 6.40. The van der Waals surface area contributed by atoms with Gasteiger partial charge in [0, 0.05) is 18.4 Å². The Kier molecular flexibility index (Phi) is 5.68. The molecule has 9 nitrogen and oxygen atoms in total. The van der Waals surface area contributed by atoms with E-state index < -0.39 is 0 Å². The van der Waals surface area contributed by atoms with E-state index >= 15 is 0 Å². The number of aromatic amines is 1. The van der Waals surface area contributed by atoms with Crippen molar-refractivity contribution in [1.82, 2.24) is 25.1 Å². The number of hydrogen-bond donors (Lipinski definition) is 3. The third kappa shape index (κ3) is 4.36.